The largest absolute Gasteiger partial charge is 0.395 e. The number of aliphatic hydroxyl groups is 1. The molecular weight excluding hydrogens is 270 g/mol. The predicted octanol–water partition coefficient (Wildman–Crippen LogP) is 3.51. The fourth-order valence-electron chi connectivity index (χ4n) is 1.23. The Hall–Kier alpha value is -0.120. The Morgan fingerprint density at radius 3 is 2.57 bits per heavy atom. The van der Waals surface area contributed by atoms with E-state index in [1.165, 1.54) is 12.1 Å². The molecule has 0 unspecified atom stereocenters. The first kappa shape index (κ1) is 12.0. The van der Waals surface area contributed by atoms with Gasteiger partial charge in [-0.1, -0.05) is 25.4 Å². The van der Waals surface area contributed by atoms with Crippen molar-refractivity contribution in [2.24, 2.45) is 0 Å². The van der Waals surface area contributed by atoms with Gasteiger partial charge in [-0.15, -0.1) is 0 Å². The maximum absolute atomic E-state index is 13.5. The summed E-state index contributed by atoms with van der Waals surface area (Å²) in [7, 11) is 0. The number of hydrogen-bond donors (Lipinski definition) is 1. The van der Waals surface area contributed by atoms with Crippen molar-refractivity contribution in [3.8, 4) is 0 Å². The molecule has 0 bridgehead atoms. The summed E-state index contributed by atoms with van der Waals surface area (Å²) in [4.78, 5) is 0. The zero-order chi connectivity index (χ0) is 10.9. The van der Waals surface area contributed by atoms with Gasteiger partial charge in [-0.25, -0.2) is 4.39 Å². The van der Waals surface area contributed by atoms with E-state index in [1.807, 2.05) is 0 Å². The molecule has 0 aliphatic rings. The van der Waals surface area contributed by atoms with Crippen molar-refractivity contribution in [2.75, 3.05) is 6.61 Å². The Kier molecular flexibility index (Phi) is 3.56. The first-order valence-electron chi connectivity index (χ1n) is 4.15. The zero-order valence-corrected chi connectivity index (χ0v) is 10.3. The molecule has 0 spiro atoms. The Bertz CT molecular complexity index is 352. The van der Waals surface area contributed by atoms with Crippen LogP contribution in [-0.4, -0.2) is 11.7 Å². The monoisotopic (exact) mass is 280 g/mol. The lowest BCUT2D eigenvalue weighted by atomic mass is 9.85. The molecule has 0 amide bonds. The van der Waals surface area contributed by atoms with Crippen LogP contribution in [0.4, 0.5) is 4.39 Å². The van der Waals surface area contributed by atoms with Crippen molar-refractivity contribution in [1.29, 1.82) is 0 Å². The van der Waals surface area contributed by atoms with E-state index in [1.54, 1.807) is 13.8 Å². The van der Waals surface area contributed by atoms with Crippen molar-refractivity contribution in [3.63, 3.8) is 0 Å². The highest BCUT2D eigenvalue weighted by Gasteiger charge is 2.27. The normalized spacial score (nSPS) is 11.9. The number of hydrogen-bond acceptors (Lipinski definition) is 1. The second kappa shape index (κ2) is 4.17. The van der Waals surface area contributed by atoms with Crippen LogP contribution in [0.2, 0.25) is 5.02 Å². The van der Waals surface area contributed by atoms with E-state index in [4.69, 9.17) is 16.7 Å². The molecule has 0 fully saturated rings. The van der Waals surface area contributed by atoms with Crippen LogP contribution >= 0.6 is 27.5 Å². The van der Waals surface area contributed by atoms with Gasteiger partial charge in [0.2, 0.25) is 0 Å². The first-order valence-corrected chi connectivity index (χ1v) is 5.32. The summed E-state index contributed by atoms with van der Waals surface area (Å²) in [6.07, 6.45) is 0. The molecule has 1 nitrogen and oxygen atoms in total. The van der Waals surface area contributed by atoms with E-state index >= 15 is 0 Å². The zero-order valence-electron chi connectivity index (χ0n) is 7.94. The summed E-state index contributed by atoms with van der Waals surface area (Å²) in [5.74, 6) is -0.361. The number of aliphatic hydroxyl groups excluding tert-OH is 1. The molecule has 0 atom stereocenters. The predicted molar refractivity (Wildman–Crippen MR) is 59.2 cm³/mol. The third-order valence-electron chi connectivity index (χ3n) is 2.12. The lowest BCUT2D eigenvalue weighted by Gasteiger charge is -2.24. The van der Waals surface area contributed by atoms with Gasteiger partial charge >= 0.3 is 0 Å². The lowest BCUT2D eigenvalue weighted by molar-refractivity contribution is 0.214. The van der Waals surface area contributed by atoms with E-state index in [9.17, 15) is 4.39 Å². The summed E-state index contributed by atoms with van der Waals surface area (Å²) < 4.78 is 14.0. The van der Waals surface area contributed by atoms with Gasteiger partial charge in [-0.3, -0.25) is 0 Å². The van der Waals surface area contributed by atoms with Crippen molar-refractivity contribution >= 4 is 27.5 Å². The van der Waals surface area contributed by atoms with Gasteiger partial charge in [0.1, 0.15) is 5.82 Å². The fourth-order valence-corrected chi connectivity index (χ4v) is 2.24. The molecule has 4 heteroatoms. The molecule has 0 heterocycles. The van der Waals surface area contributed by atoms with Gasteiger partial charge < -0.3 is 5.11 Å². The molecule has 0 saturated carbocycles. The highest BCUT2D eigenvalue weighted by Crippen LogP contribution is 2.36. The Morgan fingerprint density at radius 2 is 2.07 bits per heavy atom. The SMILES string of the molecule is CC(C)(CO)c1c(F)ccc(Cl)c1Br. The molecule has 14 heavy (non-hydrogen) atoms. The number of rotatable bonds is 2. The molecule has 1 aromatic carbocycles. The van der Waals surface area contributed by atoms with E-state index < -0.39 is 5.41 Å². The summed E-state index contributed by atoms with van der Waals surface area (Å²) in [6, 6.07) is 2.79. The smallest absolute Gasteiger partial charge is 0.128 e. The fraction of sp³-hybridized carbons (Fsp3) is 0.400. The summed E-state index contributed by atoms with van der Waals surface area (Å²) in [5, 5.41) is 9.60. The second-order valence-corrected chi connectivity index (χ2v) is 4.96. The van der Waals surface area contributed by atoms with E-state index in [0.717, 1.165) is 0 Å². The third kappa shape index (κ3) is 2.10. The highest BCUT2D eigenvalue weighted by molar-refractivity contribution is 9.10. The van der Waals surface area contributed by atoms with Crippen LogP contribution in [0.25, 0.3) is 0 Å². The van der Waals surface area contributed by atoms with E-state index in [0.29, 0.717) is 15.1 Å². The minimum absolute atomic E-state index is 0.136. The molecule has 0 radical (unpaired) electrons. The van der Waals surface area contributed by atoms with Crippen LogP contribution < -0.4 is 0 Å². The Labute approximate surface area is 96.0 Å². The molecular formula is C10H11BrClFO. The van der Waals surface area contributed by atoms with Crippen LogP contribution in [0.15, 0.2) is 16.6 Å². The molecule has 1 rings (SSSR count). The van der Waals surface area contributed by atoms with Crippen molar-refractivity contribution in [3.05, 3.63) is 33.0 Å². The van der Waals surface area contributed by atoms with Gasteiger partial charge in [0, 0.05) is 15.5 Å². The highest BCUT2D eigenvalue weighted by atomic mass is 79.9. The van der Waals surface area contributed by atoms with Crippen LogP contribution in [0.5, 0.6) is 0 Å². The lowest BCUT2D eigenvalue weighted by Crippen LogP contribution is -2.24. The van der Waals surface area contributed by atoms with Gasteiger partial charge in [-0.05, 0) is 28.1 Å². The average molecular weight is 282 g/mol. The first-order chi connectivity index (χ1) is 6.40. The molecule has 0 aliphatic heterocycles. The molecule has 1 N–H and O–H groups in total. The molecule has 0 aromatic heterocycles. The molecule has 1 aromatic rings. The maximum Gasteiger partial charge on any atom is 0.128 e. The van der Waals surface area contributed by atoms with Gasteiger partial charge in [0.05, 0.1) is 11.6 Å². The Morgan fingerprint density at radius 1 is 1.50 bits per heavy atom. The van der Waals surface area contributed by atoms with Gasteiger partial charge in [0.15, 0.2) is 0 Å². The Balaban J connectivity index is 3.40. The molecule has 78 valence electrons. The minimum Gasteiger partial charge on any atom is -0.395 e. The summed E-state index contributed by atoms with van der Waals surface area (Å²) in [5.41, 5.74) is -0.235. The molecule has 0 saturated heterocycles. The van der Waals surface area contributed by atoms with Crippen LogP contribution in [0.3, 0.4) is 0 Å². The van der Waals surface area contributed by atoms with Gasteiger partial charge in [0.25, 0.3) is 0 Å². The van der Waals surface area contributed by atoms with Crippen LogP contribution in [0, 0.1) is 5.82 Å². The second-order valence-electron chi connectivity index (χ2n) is 3.76. The van der Waals surface area contributed by atoms with Crippen molar-refractivity contribution < 1.29 is 9.50 Å². The van der Waals surface area contributed by atoms with Crippen molar-refractivity contribution in [2.45, 2.75) is 19.3 Å². The third-order valence-corrected chi connectivity index (χ3v) is 3.48. The quantitative estimate of drug-likeness (QED) is 0.823. The minimum atomic E-state index is -0.645. The standard InChI is InChI=1S/C10H11BrClFO/c1-10(2,5-14)8-7(13)4-3-6(12)9(8)11/h3-4,14H,5H2,1-2H3. The number of benzene rings is 1. The van der Waals surface area contributed by atoms with Crippen molar-refractivity contribution in [1.82, 2.24) is 0 Å². The summed E-state index contributed by atoms with van der Waals surface area (Å²) >= 11 is 9.08. The van der Waals surface area contributed by atoms with Crippen LogP contribution in [0.1, 0.15) is 19.4 Å². The average Bonchev–Trinajstić information content (AvgIpc) is 2.12. The maximum atomic E-state index is 13.5. The van der Waals surface area contributed by atoms with Gasteiger partial charge in [-0.2, -0.15) is 0 Å². The van der Waals surface area contributed by atoms with Crippen LogP contribution in [-0.2, 0) is 5.41 Å². The summed E-state index contributed by atoms with van der Waals surface area (Å²) in [6.45, 7) is 3.38. The van der Waals surface area contributed by atoms with E-state index in [2.05, 4.69) is 15.9 Å². The number of halogens is 3. The molecule has 0 aliphatic carbocycles. The van der Waals surface area contributed by atoms with E-state index in [-0.39, 0.29) is 12.4 Å². The topological polar surface area (TPSA) is 20.2 Å².